The summed E-state index contributed by atoms with van der Waals surface area (Å²) in [5, 5.41) is 10.2. The first-order valence-corrected chi connectivity index (χ1v) is 8.55. The van der Waals surface area contributed by atoms with Gasteiger partial charge in [0.15, 0.2) is 11.5 Å². The molecule has 2 atom stereocenters. The first-order valence-electron chi connectivity index (χ1n) is 8.55. The highest BCUT2D eigenvalue weighted by atomic mass is 16.6. The van der Waals surface area contributed by atoms with E-state index in [2.05, 4.69) is 0 Å². The van der Waals surface area contributed by atoms with Crippen LogP contribution in [0.5, 0.6) is 17.2 Å². The lowest BCUT2D eigenvalue weighted by Crippen LogP contribution is -2.42. The average Bonchev–Trinajstić information content (AvgIpc) is 2.60. The fraction of sp³-hybridized carbons (Fsp3) is 0.400. The van der Waals surface area contributed by atoms with Crippen LogP contribution in [0.15, 0.2) is 48.5 Å². The SMILES string of the molecule is Cc1cccc(OCC(O)CN(C)CC2COc3ccccc3O2)c1. The highest BCUT2D eigenvalue weighted by Crippen LogP contribution is 2.30. The van der Waals surface area contributed by atoms with Gasteiger partial charge in [-0.05, 0) is 43.8 Å². The lowest BCUT2D eigenvalue weighted by Gasteiger charge is -2.30. The summed E-state index contributed by atoms with van der Waals surface area (Å²) in [6.07, 6.45) is -0.618. The quantitative estimate of drug-likeness (QED) is 0.837. The molecule has 134 valence electrons. The van der Waals surface area contributed by atoms with Gasteiger partial charge in [-0.1, -0.05) is 24.3 Å². The third-order valence-corrected chi connectivity index (χ3v) is 4.04. The van der Waals surface area contributed by atoms with Gasteiger partial charge in [0.05, 0.1) is 0 Å². The first-order chi connectivity index (χ1) is 12.1. The predicted molar refractivity (Wildman–Crippen MR) is 96.5 cm³/mol. The summed E-state index contributed by atoms with van der Waals surface area (Å²) >= 11 is 0. The molecule has 2 aromatic carbocycles. The zero-order chi connectivity index (χ0) is 17.6. The molecular formula is C20H25NO4. The maximum Gasteiger partial charge on any atom is 0.161 e. The second-order valence-electron chi connectivity index (χ2n) is 6.50. The number of ether oxygens (including phenoxy) is 3. The Labute approximate surface area is 148 Å². The number of fused-ring (bicyclic) bond motifs is 1. The van der Waals surface area contributed by atoms with Crippen molar-refractivity contribution in [3.8, 4) is 17.2 Å². The standard InChI is InChI=1S/C20H25NO4/c1-15-6-5-7-17(10-15)23-13-16(22)11-21(2)12-18-14-24-19-8-3-4-9-20(19)25-18/h3-10,16,18,22H,11-14H2,1-2H3. The summed E-state index contributed by atoms with van der Waals surface area (Å²) in [6, 6.07) is 15.5. The Morgan fingerprint density at radius 2 is 2.00 bits per heavy atom. The fourth-order valence-electron chi connectivity index (χ4n) is 2.89. The Balaban J connectivity index is 1.42. The van der Waals surface area contributed by atoms with Crippen LogP contribution in [0.3, 0.4) is 0 Å². The number of benzene rings is 2. The van der Waals surface area contributed by atoms with Crippen molar-refractivity contribution in [1.29, 1.82) is 0 Å². The van der Waals surface area contributed by atoms with Crippen molar-refractivity contribution in [3.05, 3.63) is 54.1 Å². The van der Waals surface area contributed by atoms with Crippen molar-refractivity contribution in [2.75, 3.05) is 33.4 Å². The number of likely N-dealkylation sites (N-methyl/N-ethyl adjacent to an activating group) is 1. The van der Waals surface area contributed by atoms with Crippen LogP contribution < -0.4 is 14.2 Å². The van der Waals surface area contributed by atoms with Crippen molar-refractivity contribution < 1.29 is 19.3 Å². The third kappa shape index (κ3) is 5.11. The zero-order valence-corrected chi connectivity index (χ0v) is 14.7. The Kier molecular flexibility index (Phi) is 5.79. The van der Waals surface area contributed by atoms with Gasteiger partial charge in [-0.3, -0.25) is 4.90 Å². The largest absolute Gasteiger partial charge is 0.491 e. The van der Waals surface area contributed by atoms with E-state index in [1.54, 1.807) is 0 Å². The van der Waals surface area contributed by atoms with Crippen LogP contribution in [0.2, 0.25) is 0 Å². The van der Waals surface area contributed by atoms with E-state index in [0.29, 0.717) is 19.7 Å². The topological polar surface area (TPSA) is 51.2 Å². The Bertz CT molecular complexity index is 691. The second kappa shape index (κ2) is 8.23. The van der Waals surface area contributed by atoms with E-state index in [9.17, 15) is 5.11 Å². The average molecular weight is 343 g/mol. The third-order valence-electron chi connectivity index (χ3n) is 4.04. The van der Waals surface area contributed by atoms with Crippen molar-refractivity contribution in [1.82, 2.24) is 4.90 Å². The minimum Gasteiger partial charge on any atom is -0.491 e. The van der Waals surface area contributed by atoms with Gasteiger partial charge < -0.3 is 19.3 Å². The van der Waals surface area contributed by atoms with E-state index in [4.69, 9.17) is 14.2 Å². The number of rotatable bonds is 7. The Hall–Kier alpha value is -2.24. The fourth-order valence-corrected chi connectivity index (χ4v) is 2.89. The molecule has 3 rings (SSSR count). The van der Waals surface area contributed by atoms with E-state index in [1.165, 1.54) is 0 Å². The predicted octanol–water partition coefficient (Wildman–Crippen LogP) is 2.51. The molecule has 0 saturated heterocycles. The molecule has 2 aromatic rings. The van der Waals surface area contributed by atoms with Gasteiger partial charge in [-0.25, -0.2) is 0 Å². The van der Waals surface area contributed by atoms with E-state index in [0.717, 1.165) is 22.8 Å². The molecule has 0 aliphatic carbocycles. The van der Waals surface area contributed by atoms with Crippen LogP contribution >= 0.6 is 0 Å². The lowest BCUT2D eigenvalue weighted by atomic mass is 10.2. The molecule has 0 radical (unpaired) electrons. The molecule has 1 heterocycles. The Morgan fingerprint density at radius 1 is 1.20 bits per heavy atom. The minimum atomic E-state index is -0.567. The van der Waals surface area contributed by atoms with Gasteiger partial charge in [0, 0.05) is 13.1 Å². The molecule has 0 amide bonds. The van der Waals surface area contributed by atoms with Crippen LogP contribution in [-0.2, 0) is 0 Å². The highest BCUT2D eigenvalue weighted by molar-refractivity contribution is 5.40. The van der Waals surface area contributed by atoms with E-state index >= 15 is 0 Å². The number of hydrogen-bond acceptors (Lipinski definition) is 5. The van der Waals surface area contributed by atoms with Gasteiger partial charge in [0.2, 0.25) is 0 Å². The summed E-state index contributed by atoms with van der Waals surface area (Å²) in [7, 11) is 1.96. The van der Waals surface area contributed by atoms with Crippen LogP contribution in [0, 0.1) is 6.92 Å². The molecule has 5 heteroatoms. The summed E-state index contributed by atoms with van der Waals surface area (Å²) < 4.78 is 17.3. The van der Waals surface area contributed by atoms with E-state index in [-0.39, 0.29) is 12.7 Å². The molecule has 0 aromatic heterocycles. The summed E-state index contributed by atoms with van der Waals surface area (Å²) in [5.74, 6) is 2.34. The van der Waals surface area contributed by atoms with Crippen molar-refractivity contribution in [3.63, 3.8) is 0 Å². The summed E-state index contributed by atoms with van der Waals surface area (Å²) in [6.45, 7) is 3.97. The van der Waals surface area contributed by atoms with Gasteiger partial charge in [-0.15, -0.1) is 0 Å². The molecule has 1 aliphatic heterocycles. The molecule has 25 heavy (non-hydrogen) atoms. The molecule has 0 fully saturated rings. The number of aryl methyl sites for hydroxylation is 1. The first kappa shape index (κ1) is 17.6. The maximum atomic E-state index is 10.2. The van der Waals surface area contributed by atoms with E-state index in [1.807, 2.05) is 67.4 Å². The molecule has 1 aliphatic rings. The maximum absolute atomic E-state index is 10.2. The molecule has 0 spiro atoms. The Morgan fingerprint density at radius 3 is 2.80 bits per heavy atom. The van der Waals surface area contributed by atoms with Gasteiger partial charge in [0.1, 0.15) is 31.2 Å². The number of hydrogen-bond donors (Lipinski definition) is 1. The molecule has 0 saturated carbocycles. The zero-order valence-electron chi connectivity index (χ0n) is 14.7. The van der Waals surface area contributed by atoms with Crippen LogP contribution in [0.1, 0.15) is 5.56 Å². The molecule has 0 bridgehead atoms. The highest BCUT2D eigenvalue weighted by Gasteiger charge is 2.22. The normalized spacial score (nSPS) is 17.4. The van der Waals surface area contributed by atoms with Crippen LogP contribution in [0.4, 0.5) is 0 Å². The summed E-state index contributed by atoms with van der Waals surface area (Å²) in [4.78, 5) is 2.03. The van der Waals surface area contributed by atoms with Gasteiger partial charge >= 0.3 is 0 Å². The minimum absolute atomic E-state index is 0.0511. The van der Waals surface area contributed by atoms with Gasteiger partial charge in [-0.2, -0.15) is 0 Å². The monoisotopic (exact) mass is 343 g/mol. The number of nitrogens with zero attached hydrogens (tertiary/aromatic N) is 1. The molecule has 1 N–H and O–H groups in total. The van der Waals surface area contributed by atoms with Crippen LogP contribution in [-0.4, -0.2) is 55.6 Å². The van der Waals surface area contributed by atoms with Gasteiger partial charge in [0.25, 0.3) is 0 Å². The number of aliphatic hydroxyl groups excluding tert-OH is 1. The van der Waals surface area contributed by atoms with Crippen molar-refractivity contribution in [2.45, 2.75) is 19.1 Å². The van der Waals surface area contributed by atoms with E-state index < -0.39 is 6.10 Å². The number of para-hydroxylation sites is 2. The van der Waals surface area contributed by atoms with Crippen LogP contribution in [0.25, 0.3) is 0 Å². The molecular weight excluding hydrogens is 318 g/mol. The summed E-state index contributed by atoms with van der Waals surface area (Å²) in [5.41, 5.74) is 1.14. The smallest absolute Gasteiger partial charge is 0.161 e. The second-order valence-corrected chi connectivity index (χ2v) is 6.50. The molecule has 5 nitrogen and oxygen atoms in total. The van der Waals surface area contributed by atoms with Crippen molar-refractivity contribution in [2.24, 2.45) is 0 Å². The molecule has 2 unspecified atom stereocenters. The lowest BCUT2D eigenvalue weighted by molar-refractivity contribution is 0.0374. The number of aliphatic hydroxyl groups is 1. The van der Waals surface area contributed by atoms with Crippen molar-refractivity contribution >= 4 is 0 Å².